The zero-order valence-corrected chi connectivity index (χ0v) is 13.3. The maximum atomic E-state index is 9.81. The summed E-state index contributed by atoms with van der Waals surface area (Å²) in [6, 6.07) is 1.74. The third kappa shape index (κ3) is 3.21. The summed E-state index contributed by atoms with van der Waals surface area (Å²) in [5.74, 6) is -0.0984. The van der Waals surface area contributed by atoms with E-state index >= 15 is 0 Å². The van der Waals surface area contributed by atoms with Crippen LogP contribution in [0.25, 0.3) is 10.2 Å². The molecule has 2 aromatic heterocycles. The molecule has 0 radical (unpaired) electrons. The van der Waals surface area contributed by atoms with E-state index in [9.17, 15) is 5.11 Å². The van der Waals surface area contributed by atoms with E-state index in [4.69, 9.17) is 16.3 Å². The lowest BCUT2D eigenvalue weighted by Crippen LogP contribution is -2.47. The van der Waals surface area contributed by atoms with E-state index in [-0.39, 0.29) is 5.88 Å². The fraction of sp³-hybridized carbons (Fsp3) is 0.538. The SMILES string of the molecule is COCCN1CCN(c2nc3c(O)nc(Cl)cc3s2)CC1. The maximum absolute atomic E-state index is 9.81. The van der Waals surface area contributed by atoms with Crippen molar-refractivity contribution >= 4 is 38.3 Å². The summed E-state index contributed by atoms with van der Waals surface area (Å²) < 4.78 is 5.97. The van der Waals surface area contributed by atoms with Crippen molar-refractivity contribution in [2.24, 2.45) is 0 Å². The Morgan fingerprint density at radius 3 is 2.81 bits per heavy atom. The van der Waals surface area contributed by atoms with Gasteiger partial charge in [0.1, 0.15) is 10.7 Å². The van der Waals surface area contributed by atoms with Crippen molar-refractivity contribution in [2.45, 2.75) is 0 Å². The van der Waals surface area contributed by atoms with Crippen molar-refractivity contribution < 1.29 is 9.84 Å². The summed E-state index contributed by atoms with van der Waals surface area (Å²) in [5.41, 5.74) is 0.529. The number of hydrogen-bond acceptors (Lipinski definition) is 7. The molecule has 0 saturated carbocycles. The molecule has 114 valence electrons. The number of rotatable bonds is 4. The molecule has 1 N–H and O–H groups in total. The first-order valence-corrected chi connectivity index (χ1v) is 7.99. The Morgan fingerprint density at radius 1 is 1.33 bits per heavy atom. The number of ether oxygens (including phenoxy) is 1. The Labute approximate surface area is 131 Å². The Hall–Kier alpha value is -1.15. The second-order valence-corrected chi connectivity index (χ2v) is 6.33. The molecule has 0 unspecified atom stereocenters. The topological polar surface area (TPSA) is 61.7 Å². The molecule has 1 aliphatic rings. The summed E-state index contributed by atoms with van der Waals surface area (Å²) in [6.45, 7) is 5.55. The number of piperazine rings is 1. The van der Waals surface area contributed by atoms with Gasteiger partial charge >= 0.3 is 0 Å². The summed E-state index contributed by atoms with van der Waals surface area (Å²) in [5, 5.41) is 11.0. The van der Waals surface area contributed by atoms with Gasteiger partial charge < -0.3 is 14.7 Å². The monoisotopic (exact) mass is 328 g/mol. The smallest absolute Gasteiger partial charge is 0.240 e. The van der Waals surface area contributed by atoms with Gasteiger partial charge in [-0.25, -0.2) is 4.98 Å². The normalized spacial score (nSPS) is 16.8. The molecule has 21 heavy (non-hydrogen) atoms. The molecule has 0 bridgehead atoms. The molecule has 1 fully saturated rings. The van der Waals surface area contributed by atoms with Crippen LogP contribution in [-0.2, 0) is 4.74 Å². The van der Waals surface area contributed by atoms with Gasteiger partial charge in [0.15, 0.2) is 5.13 Å². The highest BCUT2D eigenvalue weighted by Gasteiger charge is 2.20. The van der Waals surface area contributed by atoms with Crippen LogP contribution in [0.4, 0.5) is 5.13 Å². The van der Waals surface area contributed by atoms with E-state index in [1.807, 2.05) is 0 Å². The predicted octanol–water partition coefficient (Wildman–Crippen LogP) is 1.82. The molecule has 0 aromatic carbocycles. The minimum Gasteiger partial charge on any atom is -0.492 e. The molecule has 2 aromatic rings. The Balaban J connectivity index is 1.72. The van der Waals surface area contributed by atoms with Crippen LogP contribution < -0.4 is 4.90 Å². The minimum atomic E-state index is -0.0984. The van der Waals surface area contributed by atoms with Crippen molar-refractivity contribution in [1.29, 1.82) is 0 Å². The fourth-order valence-electron chi connectivity index (χ4n) is 2.39. The van der Waals surface area contributed by atoms with E-state index in [1.54, 1.807) is 13.2 Å². The highest BCUT2D eigenvalue weighted by atomic mass is 35.5. The van der Waals surface area contributed by atoms with Crippen molar-refractivity contribution in [2.75, 3.05) is 51.3 Å². The molecule has 0 aliphatic carbocycles. The van der Waals surface area contributed by atoms with Crippen molar-refractivity contribution in [3.8, 4) is 5.88 Å². The minimum absolute atomic E-state index is 0.0984. The number of aromatic nitrogens is 2. The summed E-state index contributed by atoms with van der Waals surface area (Å²) in [7, 11) is 1.73. The van der Waals surface area contributed by atoms with Gasteiger partial charge in [-0.1, -0.05) is 22.9 Å². The third-order valence-electron chi connectivity index (χ3n) is 3.57. The first-order chi connectivity index (χ1) is 10.2. The maximum Gasteiger partial charge on any atom is 0.240 e. The number of nitrogens with zero attached hydrogens (tertiary/aromatic N) is 4. The number of pyridine rings is 1. The van der Waals surface area contributed by atoms with E-state index in [0.717, 1.165) is 49.2 Å². The van der Waals surface area contributed by atoms with Crippen molar-refractivity contribution in [3.05, 3.63) is 11.2 Å². The number of thiazole rings is 1. The molecular formula is C13H17ClN4O2S. The van der Waals surface area contributed by atoms with Gasteiger partial charge in [-0.3, -0.25) is 4.90 Å². The van der Waals surface area contributed by atoms with Crippen LogP contribution >= 0.6 is 22.9 Å². The second-order valence-electron chi connectivity index (χ2n) is 4.93. The van der Waals surface area contributed by atoms with Crippen LogP contribution in [0.2, 0.25) is 5.15 Å². The predicted molar refractivity (Wildman–Crippen MR) is 84.6 cm³/mol. The standard InChI is InChI=1S/C13H17ClN4O2S/c1-20-7-6-17-2-4-18(5-3-17)13-16-11-9(21-13)8-10(14)15-12(11)19/h8H,2-7H2,1H3,(H,15,19). The van der Waals surface area contributed by atoms with Gasteiger partial charge in [0.25, 0.3) is 0 Å². The molecule has 3 rings (SSSR count). The number of fused-ring (bicyclic) bond motifs is 1. The molecule has 1 saturated heterocycles. The number of aromatic hydroxyl groups is 1. The molecule has 6 nitrogen and oxygen atoms in total. The molecule has 1 aliphatic heterocycles. The molecule has 0 spiro atoms. The number of anilines is 1. The van der Waals surface area contributed by atoms with Crippen LogP contribution in [-0.4, -0.2) is 66.4 Å². The summed E-state index contributed by atoms with van der Waals surface area (Å²) >= 11 is 7.40. The van der Waals surface area contributed by atoms with Crippen LogP contribution in [0.15, 0.2) is 6.07 Å². The van der Waals surface area contributed by atoms with Gasteiger partial charge in [-0.05, 0) is 6.07 Å². The van der Waals surface area contributed by atoms with E-state index in [0.29, 0.717) is 10.7 Å². The number of methoxy groups -OCH3 is 1. The zero-order valence-electron chi connectivity index (χ0n) is 11.8. The Kier molecular flexibility index (Phi) is 4.44. The van der Waals surface area contributed by atoms with Crippen LogP contribution in [0.3, 0.4) is 0 Å². The molecular weight excluding hydrogens is 312 g/mol. The molecule has 0 atom stereocenters. The van der Waals surface area contributed by atoms with E-state index in [1.165, 1.54) is 11.3 Å². The van der Waals surface area contributed by atoms with Crippen molar-refractivity contribution in [3.63, 3.8) is 0 Å². The fourth-order valence-corrected chi connectivity index (χ4v) is 3.69. The Bertz CT molecular complexity index is 628. The van der Waals surface area contributed by atoms with Crippen LogP contribution in [0, 0.1) is 0 Å². The van der Waals surface area contributed by atoms with E-state index < -0.39 is 0 Å². The average Bonchev–Trinajstić information content (AvgIpc) is 2.90. The highest BCUT2D eigenvalue weighted by Crippen LogP contribution is 2.34. The third-order valence-corrected chi connectivity index (χ3v) is 4.83. The summed E-state index contributed by atoms with van der Waals surface area (Å²) in [4.78, 5) is 12.9. The first-order valence-electron chi connectivity index (χ1n) is 6.79. The molecule has 3 heterocycles. The lowest BCUT2D eigenvalue weighted by Gasteiger charge is -2.34. The number of hydrogen-bond donors (Lipinski definition) is 1. The van der Waals surface area contributed by atoms with Crippen molar-refractivity contribution in [1.82, 2.24) is 14.9 Å². The lowest BCUT2D eigenvalue weighted by atomic mass is 10.3. The highest BCUT2D eigenvalue weighted by molar-refractivity contribution is 7.22. The molecule has 0 amide bonds. The largest absolute Gasteiger partial charge is 0.492 e. The molecule has 8 heteroatoms. The van der Waals surface area contributed by atoms with Gasteiger partial charge in [-0.2, -0.15) is 4.98 Å². The quantitative estimate of drug-likeness (QED) is 0.864. The van der Waals surface area contributed by atoms with Gasteiger partial charge in [0.05, 0.1) is 11.3 Å². The zero-order chi connectivity index (χ0) is 14.8. The van der Waals surface area contributed by atoms with Gasteiger partial charge in [-0.15, -0.1) is 0 Å². The summed E-state index contributed by atoms with van der Waals surface area (Å²) in [6.07, 6.45) is 0. The first kappa shape index (κ1) is 14.8. The second kappa shape index (κ2) is 6.31. The van der Waals surface area contributed by atoms with Gasteiger partial charge in [0.2, 0.25) is 5.88 Å². The average molecular weight is 329 g/mol. The number of halogens is 1. The Morgan fingerprint density at radius 2 is 2.10 bits per heavy atom. The van der Waals surface area contributed by atoms with Crippen LogP contribution in [0.1, 0.15) is 0 Å². The lowest BCUT2D eigenvalue weighted by molar-refractivity contribution is 0.144. The van der Waals surface area contributed by atoms with Gasteiger partial charge in [0, 0.05) is 39.8 Å². The van der Waals surface area contributed by atoms with E-state index in [2.05, 4.69) is 19.8 Å². The van der Waals surface area contributed by atoms with Crippen LogP contribution in [0.5, 0.6) is 5.88 Å².